The van der Waals surface area contributed by atoms with E-state index in [1.54, 1.807) is 0 Å². The van der Waals surface area contributed by atoms with E-state index in [2.05, 4.69) is 26.1 Å². The van der Waals surface area contributed by atoms with Crippen molar-refractivity contribution in [3.05, 3.63) is 13.3 Å². The average Bonchev–Trinajstić information content (AvgIpc) is 1.99. The number of nitrogens with one attached hydrogen (secondary N) is 1. The predicted octanol–water partition coefficient (Wildman–Crippen LogP) is 2.83. The van der Waals surface area contributed by atoms with Gasteiger partial charge in [0.15, 0.2) is 0 Å². The molecular formula is C11H23NY-2. The van der Waals surface area contributed by atoms with Crippen LogP contribution in [-0.2, 0) is 32.7 Å². The standard InChI is InChI=1S/C8H16N.C3H7.Y/c1-6(2)9-8-5-4-7(8)3;1-3-2;/h6-9H,3-5H2,1-2H3;3H,1-2H3;/q2*-1;. The zero-order valence-corrected chi connectivity index (χ0v) is 12.3. The Hall–Kier alpha value is 1.06. The minimum Gasteiger partial charge on any atom is -0.339 e. The molecule has 13 heavy (non-hydrogen) atoms. The Balaban J connectivity index is 0. The maximum atomic E-state index is 4.02. The Morgan fingerprint density at radius 1 is 1.31 bits per heavy atom. The molecule has 0 bridgehead atoms. The molecule has 77 valence electrons. The summed E-state index contributed by atoms with van der Waals surface area (Å²) in [5, 5.41) is 3.47. The van der Waals surface area contributed by atoms with Gasteiger partial charge in [-0.25, -0.2) is 0 Å². The average molecular weight is 258 g/mol. The van der Waals surface area contributed by atoms with Crippen molar-refractivity contribution in [1.82, 2.24) is 5.32 Å². The van der Waals surface area contributed by atoms with Crippen LogP contribution in [0.4, 0.5) is 0 Å². The molecule has 1 fully saturated rings. The van der Waals surface area contributed by atoms with Crippen LogP contribution in [-0.4, -0.2) is 12.1 Å². The van der Waals surface area contributed by atoms with Gasteiger partial charge in [0.25, 0.3) is 0 Å². The molecule has 1 nitrogen and oxygen atoms in total. The summed E-state index contributed by atoms with van der Waals surface area (Å²) in [5.74, 6) is 0.674. The zero-order valence-electron chi connectivity index (χ0n) is 9.51. The smallest absolute Gasteiger partial charge is 0.00120 e. The van der Waals surface area contributed by atoms with Crippen LogP contribution >= 0.6 is 0 Å². The Bertz CT molecular complexity index is 104. The van der Waals surface area contributed by atoms with Crippen molar-refractivity contribution >= 4 is 0 Å². The van der Waals surface area contributed by atoms with Crippen molar-refractivity contribution in [3.8, 4) is 0 Å². The largest absolute Gasteiger partial charge is 0.339 e. The molecule has 0 spiro atoms. The van der Waals surface area contributed by atoms with Crippen molar-refractivity contribution < 1.29 is 32.7 Å². The number of hydrogen-bond donors (Lipinski definition) is 1. The molecule has 2 atom stereocenters. The molecule has 0 heterocycles. The van der Waals surface area contributed by atoms with Gasteiger partial charge in [-0.2, -0.15) is 19.8 Å². The second kappa shape index (κ2) is 9.61. The van der Waals surface area contributed by atoms with Gasteiger partial charge in [0.2, 0.25) is 0 Å². The van der Waals surface area contributed by atoms with Crippen LogP contribution in [0.15, 0.2) is 0 Å². The van der Waals surface area contributed by atoms with Crippen molar-refractivity contribution in [1.29, 1.82) is 0 Å². The predicted molar refractivity (Wildman–Crippen MR) is 55.8 cm³/mol. The Morgan fingerprint density at radius 3 is 1.85 bits per heavy atom. The van der Waals surface area contributed by atoms with Gasteiger partial charge in [0.1, 0.15) is 0 Å². The SMILES string of the molecule is C[CH-]C.[CH2-]C1CCC1NC(C)C.[Y]. The van der Waals surface area contributed by atoms with Gasteiger partial charge in [0, 0.05) is 38.8 Å². The van der Waals surface area contributed by atoms with Gasteiger partial charge in [-0.05, 0) is 12.5 Å². The molecule has 2 unspecified atom stereocenters. The Morgan fingerprint density at radius 2 is 1.77 bits per heavy atom. The molecule has 1 aliphatic rings. The third kappa shape index (κ3) is 8.08. The summed E-state index contributed by atoms with van der Waals surface area (Å²) >= 11 is 0. The first-order valence-electron chi connectivity index (χ1n) is 4.94. The topological polar surface area (TPSA) is 12.0 Å². The van der Waals surface area contributed by atoms with Gasteiger partial charge in [-0.1, -0.05) is 20.3 Å². The zero-order chi connectivity index (χ0) is 9.56. The second-order valence-electron chi connectivity index (χ2n) is 3.84. The molecule has 0 aromatic heterocycles. The van der Waals surface area contributed by atoms with Crippen LogP contribution in [0, 0.1) is 19.3 Å². The monoisotopic (exact) mass is 258 g/mol. The fourth-order valence-corrected chi connectivity index (χ4v) is 1.22. The molecular weight excluding hydrogens is 235 g/mol. The molecule has 2 heteroatoms. The quantitative estimate of drug-likeness (QED) is 0.751. The molecule has 0 aromatic carbocycles. The first-order valence-corrected chi connectivity index (χ1v) is 4.94. The second-order valence-corrected chi connectivity index (χ2v) is 3.84. The maximum absolute atomic E-state index is 4.02. The first-order chi connectivity index (χ1) is 5.61. The minimum atomic E-state index is 0. The van der Waals surface area contributed by atoms with Crippen LogP contribution in [0.2, 0.25) is 0 Å². The van der Waals surface area contributed by atoms with E-state index >= 15 is 0 Å². The summed E-state index contributed by atoms with van der Waals surface area (Å²) in [6.45, 7) is 12.4. The summed E-state index contributed by atoms with van der Waals surface area (Å²) in [5.41, 5.74) is 0. The van der Waals surface area contributed by atoms with E-state index < -0.39 is 0 Å². The molecule has 0 aromatic rings. The van der Waals surface area contributed by atoms with E-state index in [1.165, 1.54) is 12.8 Å². The first kappa shape index (κ1) is 16.5. The maximum Gasteiger partial charge on any atom is 0.00120 e. The summed E-state index contributed by atoms with van der Waals surface area (Å²) < 4.78 is 0. The molecule has 1 radical (unpaired) electrons. The fraction of sp³-hybridized carbons (Fsp3) is 0.818. The molecule has 0 saturated heterocycles. The molecule has 1 N–H and O–H groups in total. The summed E-state index contributed by atoms with van der Waals surface area (Å²) in [7, 11) is 0. The summed E-state index contributed by atoms with van der Waals surface area (Å²) in [6, 6.07) is 1.34. The Labute approximate surface area is 109 Å². The van der Waals surface area contributed by atoms with Crippen LogP contribution < -0.4 is 5.32 Å². The van der Waals surface area contributed by atoms with Crippen molar-refractivity contribution in [2.75, 3.05) is 0 Å². The van der Waals surface area contributed by atoms with Crippen LogP contribution in [0.1, 0.15) is 40.5 Å². The van der Waals surface area contributed by atoms with Crippen LogP contribution in [0.5, 0.6) is 0 Å². The van der Waals surface area contributed by atoms with E-state index in [0.29, 0.717) is 18.0 Å². The van der Waals surface area contributed by atoms with E-state index in [0.717, 1.165) is 0 Å². The van der Waals surface area contributed by atoms with Gasteiger partial charge >= 0.3 is 0 Å². The fourth-order valence-electron chi connectivity index (χ4n) is 1.22. The number of hydrogen-bond acceptors (Lipinski definition) is 1. The Kier molecular flexibility index (Phi) is 12.2. The van der Waals surface area contributed by atoms with Gasteiger partial charge in [-0.15, -0.1) is 0 Å². The van der Waals surface area contributed by atoms with Crippen molar-refractivity contribution in [2.24, 2.45) is 5.92 Å². The van der Waals surface area contributed by atoms with Gasteiger partial charge < -0.3 is 18.7 Å². The van der Waals surface area contributed by atoms with Crippen LogP contribution in [0.3, 0.4) is 0 Å². The van der Waals surface area contributed by atoms with Crippen molar-refractivity contribution in [3.63, 3.8) is 0 Å². The third-order valence-corrected chi connectivity index (χ3v) is 1.96. The molecule has 1 saturated carbocycles. The molecule has 1 rings (SSSR count). The summed E-state index contributed by atoms with van der Waals surface area (Å²) in [4.78, 5) is 0. The van der Waals surface area contributed by atoms with Gasteiger partial charge in [-0.3, -0.25) is 0 Å². The number of rotatable bonds is 2. The van der Waals surface area contributed by atoms with Gasteiger partial charge in [0.05, 0.1) is 0 Å². The van der Waals surface area contributed by atoms with E-state index in [4.69, 9.17) is 0 Å². The minimum absolute atomic E-state index is 0. The van der Waals surface area contributed by atoms with E-state index in [-0.39, 0.29) is 32.7 Å². The molecule has 0 amide bonds. The van der Waals surface area contributed by atoms with E-state index in [1.807, 2.05) is 20.3 Å². The normalized spacial score (nSPS) is 25.4. The molecule has 1 aliphatic carbocycles. The summed E-state index contributed by atoms with van der Waals surface area (Å²) in [6.07, 6.45) is 4.64. The van der Waals surface area contributed by atoms with Crippen LogP contribution in [0.25, 0.3) is 0 Å². The third-order valence-electron chi connectivity index (χ3n) is 1.96. The molecule has 0 aliphatic heterocycles. The van der Waals surface area contributed by atoms with E-state index in [9.17, 15) is 0 Å². The van der Waals surface area contributed by atoms with Crippen molar-refractivity contribution in [2.45, 2.75) is 52.6 Å².